The van der Waals surface area contributed by atoms with Gasteiger partial charge in [-0.15, -0.1) is 0 Å². The summed E-state index contributed by atoms with van der Waals surface area (Å²) in [5.41, 5.74) is 8.63. The van der Waals surface area contributed by atoms with Gasteiger partial charge in [0.2, 0.25) is 0 Å². The van der Waals surface area contributed by atoms with Gasteiger partial charge >= 0.3 is 0 Å². The number of hydrogen-bond donors (Lipinski definition) is 0. The highest BCUT2D eigenvalue weighted by Gasteiger charge is 2.21. The molecule has 0 N–H and O–H groups in total. The first-order valence-corrected chi connectivity index (χ1v) is 16.3. The maximum atomic E-state index is 2.50. The van der Waals surface area contributed by atoms with Crippen molar-refractivity contribution in [1.82, 2.24) is 4.57 Å². The van der Waals surface area contributed by atoms with Gasteiger partial charge in [-0.1, -0.05) is 146 Å². The second-order valence-electron chi connectivity index (χ2n) is 12.5. The van der Waals surface area contributed by atoms with E-state index in [-0.39, 0.29) is 0 Å². The quantitative estimate of drug-likeness (QED) is 0.179. The van der Waals surface area contributed by atoms with Crippen molar-refractivity contribution in [2.45, 2.75) is 0 Å². The third kappa shape index (κ3) is 3.90. The number of para-hydroxylation sites is 1. The summed E-state index contributed by atoms with van der Waals surface area (Å²) in [6.07, 6.45) is 0. The summed E-state index contributed by atoms with van der Waals surface area (Å²) < 4.78 is 2.50. The van der Waals surface area contributed by atoms with E-state index in [1.807, 2.05) is 0 Å². The molecule has 218 valence electrons. The average Bonchev–Trinajstić information content (AvgIpc) is 3.50. The molecule has 1 nitrogen and oxygen atoms in total. The number of hydrogen-bond acceptors (Lipinski definition) is 0. The lowest BCUT2D eigenvalue weighted by Crippen LogP contribution is -1.95. The van der Waals surface area contributed by atoms with Crippen LogP contribution >= 0.6 is 0 Å². The zero-order valence-corrected chi connectivity index (χ0v) is 25.7. The monoisotopic (exact) mass is 595 g/mol. The predicted molar refractivity (Wildman–Crippen MR) is 202 cm³/mol. The lowest BCUT2D eigenvalue weighted by Gasteiger charge is -2.16. The summed E-state index contributed by atoms with van der Waals surface area (Å²) in [4.78, 5) is 0. The minimum Gasteiger partial charge on any atom is -0.309 e. The molecule has 0 bridgehead atoms. The first-order valence-electron chi connectivity index (χ1n) is 16.3. The topological polar surface area (TPSA) is 4.93 Å². The minimum absolute atomic E-state index is 1.17. The molecule has 0 aliphatic heterocycles. The summed E-state index contributed by atoms with van der Waals surface area (Å²) in [7, 11) is 0. The van der Waals surface area contributed by atoms with E-state index in [9.17, 15) is 0 Å². The molecule has 0 radical (unpaired) electrons. The lowest BCUT2D eigenvalue weighted by molar-refractivity contribution is 1.19. The average molecular weight is 596 g/mol. The Morgan fingerprint density at radius 1 is 0.319 bits per heavy atom. The van der Waals surface area contributed by atoms with E-state index in [4.69, 9.17) is 0 Å². The third-order valence-corrected chi connectivity index (χ3v) is 9.92. The van der Waals surface area contributed by atoms with Crippen molar-refractivity contribution in [2.75, 3.05) is 0 Å². The van der Waals surface area contributed by atoms with Gasteiger partial charge in [0.05, 0.1) is 11.0 Å². The predicted octanol–water partition coefficient (Wildman–Crippen LogP) is 12.7. The number of rotatable bonds is 3. The van der Waals surface area contributed by atoms with E-state index in [0.29, 0.717) is 0 Å². The molecule has 1 heteroatoms. The van der Waals surface area contributed by atoms with Crippen LogP contribution in [0.3, 0.4) is 0 Å². The summed E-state index contributed by atoms with van der Waals surface area (Å²) in [5, 5.41) is 12.8. The second-order valence-corrected chi connectivity index (χ2v) is 12.5. The molecule has 0 saturated carbocycles. The molecule has 0 aliphatic carbocycles. The minimum atomic E-state index is 1.17. The highest BCUT2D eigenvalue weighted by molar-refractivity contribution is 6.38. The Bertz CT molecular complexity index is 2820. The van der Waals surface area contributed by atoms with E-state index in [2.05, 4.69) is 180 Å². The van der Waals surface area contributed by atoms with E-state index in [1.54, 1.807) is 0 Å². The molecule has 0 atom stereocenters. The van der Waals surface area contributed by atoms with Gasteiger partial charge in [0.15, 0.2) is 0 Å². The number of nitrogens with zero attached hydrogens (tertiary/aromatic N) is 1. The van der Waals surface area contributed by atoms with Gasteiger partial charge in [-0.2, -0.15) is 0 Å². The molecule has 0 amide bonds. The maximum absolute atomic E-state index is 2.50. The van der Waals surface area contributed by atoms with Crippen LogP contribution in [0.2, 0.25) is 0 Å². The van der Waals surface area contributed by atoms with Crippen LogP contribution in [0.5, 0.6) is 0 Å². The fourth-order valence-electron chi connectivity index (χ4n) is 7.84. The highest BCUT2D eigenvalue weighted by Crippen LogP contribution is 2.47. The highest BCUT2D eigenvalue weighted by atomic mass is 15.0. The van der Waals surface area contributed by atoms with Crippen LogP contribution in [0.15, 0.2) is 176 Å². The van der Waals surface area contributed by atoms with Crippen molar-refractivity contribution in [1.29, 1.82) is 0 Å². The van der Waals surface area contributed by atoms with Gasteiger partial charge in [0.1, 0.15) is 0 Å². The van der Waals surface area contributed by atoms with Crippen molar-refractivity contribution >= 4 is 64.9 Å². The largest absolute Gasteiger partial charge is 0.309 e. The molecule has 9 aromatic carbocycles. The van der Waals surface area contributed by atoms with Crippen LogP contribution in [0.1, 0.15) is 0 Å². The van der Waals surface area contributed by atoms with Gasteiger partial charge in [0.25, 0.3) is 0 Å². The Morgan fingerprint density at radius 2 is 0.915 bits per heavy atom. The molecule has 47 heavy (non-hydrogen) atoms. The van der Waals surface area contributed by atoms with E-state index < -0.39 is 0 Å². The molecule has 0 unspecified atom stereocenters. The van der Waals surface area contributed by atoms with Gasteiger partial charge in [0, 0.05) is 27.2 Å². The normalized spacial score (nSPS) is 11.8. The molecule has 1 heterocycles. The number of fused-ring (bicyclic) bond motifs is 11. The summed E-state index contributed by atoms with van der Waals surface area (Å²) in [6.45, 7) is 0. The molecule has 0 fully saturated rings. The Kier molecular flexibility index (Phi) is 5.64. The zero-order chi connectivity index (χ0) is 30.9. The summed E-state index contributed by atoms with van der Waals surface area (Å²) >= 11 is 0. The Labute approximate surface area is 272 Å². The molecule has 0 saturated heterocycles. The molecular formula is C46H29N. The summed E-state index contributed by atoms with van der Waals surface area (Å²) in [6, 6.07) is 64.4. The fourth-order valence-corrected chi connectivity index (χ4v) is 7.84. The lowest BCUT2D eigenvalue weighted by atomic mass is 9.88. The van der Waals surface area contributed by atoms with Crippen molar-refractivity contribution in [3.63, 3.8) is 0 Å². The molecular weight excluding hydrogens is 567 g/mol. The van der Waals surface area contributed by atoms with Crippen molar-refractivity contribution in [3.05, 3.63) is 176 Å². The van der Waals surface area contributed by atoms with Crippen molar-refractivity contribution in [3.8, 4) is 27.9 Å². The Morgan fingerprint density at radius 3 is 1.70 bits per heavy atom. The van der Waals surface area contributed by atoms with Crippen LogP contribution in [0.25, 0.3) is 92.8 Å². The van der Waals surface area contributed by atoms with Crippen LogP contribution in [0, 0.1) is 0 Å². The number of aromatic nitrogens is 1. The van der Waals surface area contributed by atoms with E-state index in [1.165, 1.54) is 92.8 Å². The third-order valence-electron chi connectivity index (χ3n) is 9.92. The molecule has 10 rings (SSSR count). The summed E-state index contributed by atoms with van der Waals surface area (Å²) in [5.74, 6) is 0. The first kappa shape index (κ1) is 26.1. The van der Waals surface area contributed by atoms with Crippen LogP contribution in [0.4, 0.5) is 0 Å². The number of benzene rings is 9. The van der Waals surface area contributed by atoms with Gasteiger partial charge < -0.3 is 4.57 Å². The molecule has 10 aromatic rings. The smallest absolute Gasteiger partial charge is 0.0626 e. The van der Waals surface area contributed by atoms with E-state index >= 15 is 0 Å². The van der Waals surface area contributed by atoms with Gasteiger partial charge in [-0.3, -0.25) is 0 Å². The Hall–Kier alpha value is -6.18. The molecule has 0 aliphatic rings. The SMILES string of the molecule is c1ccc(-c2ccc3cc(-n4c5ccccc5c5c6c7ccccc7c(-c7ccccc7)cc6c6ccccc6c54)ccc3c2)cc1. The van der Waals surface area contributed by atoms with Gasteiger partial charge in [-0.05, 0) is 84.9 Å². The second kappa shape index (κ2) is 10.2. The maximum Gasteiger partial charge on any atom is 0.0626 e. The Balaban J connectivity index is 1.34. The molecule has 1 aromatic heterocycles. The van der Waals surface area contributed by atoms with Gasteiger partial charge in [-0.25, -0.2) is 0 Å². The van der Waals surface area contributed by atoms with Crippen LogP contribution in [-0.2, 0) is 0 Å². The first-order chi connectivity index (χ1) is 23.3. The fraction of sp³-hybridized carbons (Fsp3) is 0. The van der Waals surface area contributed by atoms with E-state index in [0.717, 1.165) is 0 Å². The van der Waals surface area contributed by atoms with Crippen LogP contribution < -0.4 is 0 Å². The molecule has 0 spiro atoms. The zero-order valence-electron chi connectivity index (χ0n) is 25.7. The standard InChI is InChI=1S/C46H29N/c1-3-13-30(14-4-1)32-23-24-34-28-35(26-25-33(34)27-32)47-43-22-12-11-21-40(43)45-44-38-19-9-7-17-36(38)41(31-15-5-2-6-16-31)29-42(44)37-18-8-10-20-39(37)46(45)47/h1-29H. The van der Waals surface area contributed by atoms with Crippen LogP contribution in [-0.4, -0.2) is 4.57 Å². The van der Waals surface area contributed by atoms with Crippen molar-refractivity contribution in [2.24, 2.45) is 0 Å². The van der Waals surface area contributed by atoms with Crippen molar-refractivity contribution < 1.29 is 0 Å².